The Balaban J connectivity index is 2.04. The zero-order valence-electron chi connectivity index (χ0n) is 12.6. The molecule has 1 aromatic carbocycles. The van der Waals surface area contributed by atoms with Crippen LogP contribution >= 0.6 is 11.8 Å². The SMILES string of the molecule is CCOc1ccc(N2C(=O)CC(SCC(N)C(=O)O)C2=O)cc1. The summed E-state index contributed by atoms with van der Waals surface area (Å²) in [5, 5.41) is 8.16. The summed E-state index contributed by atoms with van der Waals surface area (Å²) in [4.78, 5) is 36.3. The number of hydrogen-bond donors (Lipinski definition) is 2. The normalized spacial score (nSPS) is 19.0. The Bertz CT molecular complexity index is 604. The van der Waals surface area contributed by atoms with E-state index < -0.39 is 17.3 Å². The summed E-state index contributed by atoms with van der Waals surface area (Å²) < 4.78 is 5.32. The maximum absolute atomic E-state index is 12.4. The van der Waals surface area contributed by atoms with Crippen molar-refractivity contribution < 1.29 is 24.2 Å². The third-order valence-corrected chi connectivity index (χ3v) is 4.63. The van der Waals surface area contributed by atoms with Gasteiger partial charge in [0.15, 0.2) is 0 Å². The highest BCUT2D eigenvalue weighted by Crippen LogP contribution is 2.30. The molecule has 0 spiro atoms. The van der Waals surface area contributed by atoms with Gasteiger partial charge in [0.05, 0.1) is 17.5 Å². The fourth-order valence-corrected chi connectivity index (χ4v) is 3.25. The van der Waals surface area contributed by atoms with Gasteiger partial charge in [0.2, 0.25) is 11.8 Å². The first-order valence-corrected chi connectivity index (χ1v) is 8.18. The largest absolute Gasteiger partial charge is 0.494 e. The fourth-order valence-electron chi connectivity index (χ4n) is 2.15. The highest BCUT2D eigenvalue weighted by atomic mass is 32.2. The van der Waals surface area contributed by atoms with Crippen LogP contribution in [0.15, 0.2) is 24.3 Å². The topological polar surface area (TPSA) is 110 Å². The molecule has 23 heavy (non-hydrogen) atoms. The molecule has 2 amide bonds. The standard InChI is InChI=1S/C15H18N2O5S/c1-2-22-10-5-3-9(4-6-10)17-13(18)7-12(14(17)19)23-8-11(16)15(20)21/h3-6,11-12H,2,7-8,16H2,1H3,(H,20,21). The van der Waals surface area contributed by atoms with Crippen LogP contribution in [0.4, 0.5) is 5.69 Å². The van der Waals surface area contributed by atoms with E-state index in [1.165, 1.54) is 0 Å². The molecule has 1 heterocycles. The number of nitrogens with two attached hydrogens (primary N) is 1. The van der Waals surface area contributed by atoms with Crippen molar-refractivity contribution in [1.29, 1.82) is 0 Å². The van der Waals surface area contributed by atoms with E-state index in [4.69, 9.17) is 15.6 Å². The van der Waals surface area contributed by atoms with Crippen molar-refractivity contribution in [2.24, 2.45) is 5.73 Å². The van der Waals surface area contributed by atoms with Gasteiger partial charge < -0.3 is 15.6 Å². The average molecular weight is 338 g/mol. The van der Waals surface area contributed by atoms with Gasteiger partial charge in [0, 0.05) is 12.2 Å². The lowest BCUT2D eigenvalue weighted by atomic mass is 10.3. The minimum atomic E-state index is -1.13. The molecule has 1 aliphatic heterocycles. The number of thioether (sulfide) groups is 1. The van der Waals surface area contributed by atoms with Crippen LogP contribution in [-0.4, -0.2) is 46.5 Å². The number of benzene rings is 1. The number of nitrogens with zero attached hydrogens (tertiary/aromatic N) is 1. The second kappa shape index (κ2) is 7.47. The molecular weight excluding hydrogens is 320 g/mol. The smallest absolute Gasteiger partial charge is 0.321 e. The molecule has 124 valence electrons. The molecule has 2 rings (SSSR count). The molecule has 0 bridgehead atoms. The van der Waals surface area contributed by atoms with Crippen LogP contribution < -0.4 is 15.4 Å². The lowest BCUT2D eigenvalue weighted by Gasteiger charge is -2.16. The number of ether oxygens (including phenoxy) is 1. The summed E-state index contributed by atoms with van der Waals surface area (Å²) >= 11 is 1.10. The number of rotatable bonds is 7. The summed E-state index contributed by atoms with van der Waals surface area (Å²) in [5.41, 5.74) is 5.90. The Hall–Kier alpha value is -2.06. The molecule has 0 aromatic heterocycles. The molecule has 1 saturated heterocycles. The number of aliphatic carboxylic acids is 1. The van der Waals surface area contributed by atoms with Crippen molar-refractivity contribution in [3.63, 3.8) is 0 Å². The number of carboxylic acids is 1. The van der Waals surface area contributed by atoms with Gasteiger partial charge in [0.1, 0.15) is 11.8 Å². The third kappa shape index (κ3) is 4.02. The molecule has 1 aliphatic rings. The molecule has 1 aromatic rings. The van der Waals surface area contributed by atoms with Gasteiger partial charge in [-0.15, -0.1) is 11.8 Å². The number of carbonyl (C=O) groups is 3. The monoisotopic (exact) mass is 338 g/mol. The first-order chi connectivity index (χ1) is 10.9. The third-order valence-electron chi connectivity index (χ3n) is 3.31. The lowest BCUT2D eigenvalue weighted by Crippen LogP contribution is -2.35. The molecule has 0 aliphatic carbocycles. The van der Waals surface area contributed by atoms with Crippen LogP contribution in [-0.2, 0) is 14.4 Å². The second-order valence-corrected chi connectivity index (χ2v) is 6.20. The molecule has 2 atom stereocenters. The molecule has 3 N–H and O–H groups in total. The van der Waals surface area contributed by atoms with Crippen LogP contribution in [0.3, 0.4) is 0 Å². The number of anilines is 1. The fraction of sp³-hybridized carbons (Fsp3) is 0.400. The van der Waals surface area contributed by atoms with Crippen molar-refractivity contribution in [2.45, 2.75) is 24.6 Å². The maximum atomic E-state index is 12.4. The van der Waals surface area contributed by atoms with E-state index >= 15 is 0 Å². The minimum Gasteiger partial charge on any atom is -0.494 e. The molecule has 0 radical (unpaired) electrons. The zero-order valence-corrected chi connectivity index (χ0v) is 13.4. The van der Waals surface area contributed by atoms with Gasteiger partial charge in [-0.1, -0.05) is 0 Å². The van der Waals surface area contributed by atoms with E-state index in [-0.39, 0.29) is 24.0 Å². The predicted molar refractivity (Wildman–Crippen MR) is 86.6 cm³/mol. The van der Waals surface area contributed by atoms with Crippen molar-refractivity contribution in [1.82, 2.24) is 0 Å². The van der Waals surface area contributed by atoms with Crippen molar-refractivity contribution in [3.05, 3.63) is 24.3 Å². The Labute approximate surface area is 137 Å². The van der Waals surface area contributed by atoms with Crippen LogP contribution in [0.5, 0.6) is 5.75 Å². The number of carbonyl (C=O) groups excluding carboxylic acids is 2. The molecule has 1 fully saturated rings. The summed E-state index contributed by atoms with van der Waals surface area (Å²) in [6.45, 7) is 2.40. The Morgan fingerprint density at radius 1 is 1.43 bits per heavy atom. The zero-order chi connectivity index (χ0) is 17.0. The first-order valence-electron chi connectivity index (χ1n) is 7.13. The quantitative estimate of drug-likeness (QED) is 0.710. The Morgan fingerprint density at radius 3 is 2.65 bits per heavy atom. The van der Waals surface area contributed by atoms with E-state index in [0.29, 0.717) is 18.0 Å². The van der Waals surface area contributed by atoms with Crippen LogP contribution in [0.1, 0.15) is 13.3 Å². The van der Waals surface area contributed by atoms with Crippen molar-refractivity contribution in [2.75, 3.05) is 17.3 Å². The predicted octanol–water partition coefficient (Wildman–Crippen LogP) is 0.862. The minimum absolute atomic E-state index is 0.0447. The van der Waals surface area contributed by atoms with Gasteiger partial charge in [0.25, 0.3) is 0 Å². The lowest BCUT2D eigenvalue weighted by molar-refractivity contribution is -0.138. The molecule has 2 unspecified atom stereocenters. The number of amides is 2. The van der Waals surface area contributed by atoms with Crippen LogP contribution in [0, 0.1) is 0 Å². The first kappa shape index (κ1) is 17.3. The summed E-state index contributed by atoms with van der Waals surface area (Å²) in [6, 6.07) is 5.64. The van der Waals surface area contributed by atoms with Crippen LogP contribution in [0.25, 0.3) is 0 Å². The highest BCUT2D eigenvalue weighted by molar-refractivity contribution is 8.00. The van der Waals surface area contributed by atoms with Crippen LogP contribution in [0.2, 0.25) is 0 Å². The molecule has 8 heteroatoms. The highest BCUT2D eigenvalue weighted by Gasteiger charge is 2.40. The van der Waals surface area contributed by atoms with Gasteiger partial charge >= 0.3 is 5.97 Å². The number of hydrogen-bond acceptors (Lipinski definition) is 6. The second-order valence-electron chi connectivity index (χ2n) is 4.97. The van der Waals surface area contributed by atoms with Gasteiger partial charge in [-0.05, 0) is 31.2 Å². The number of carboxylic acid groups (broad SMARTS) is 1. The average Bonchev–Trinajstić information content (AvgIpc) is 2.80. The summed E-state index contributed by atoms with van der Waals surface area (Å²) in [6.07, 6.45) is 0.0447. The van der Waals surface area contributed by atoms with Gasteiger partial charge in [-0.25, -0.2) is 4.90 Å². The van der Waals surface area contributed by atoms with Gasteiger partial charge in [-0.3, -0.25) is 14.4 Å². The van der Waals surface area contributed by atoms with E-state index in [2.05, 4.69) is 0 Å². The van der Waals surface area contributed by atoms with E-state index in [1.807, 2.05) is 6.92 Å². The van der Waals surface area contributed by atoms with E-state index in [0.717, 1.165) is 16.7 Å². The number of imide groups is 1. The van der Waals surface area contributed by atoms with E-state index in [1.54, 1.807) is 24.3 Å². The summed E-state index contributed by atoms with van der Waals surface area (Å²) in [5.74, 6) is -1.04. The summed E-state index contributed by atoms with van der Waals surface area (Å²) in [7, 11) is 0. The van der Waals surface area contributed by atoms with Crippen molar-refractivity contribution >= 4 is 35.2 Å². The van der Waals surface area contributed by atoms with E-state index in [9.17, 15) is 14.4 Å². The Kier molecular flexibility index (Phi) is 5.62. The molecule has 7 nitrogen and oxygen atoms in total. The van der Waals surface area contributed by atoms with Gasteiger partial charge in [-0.2, -0.15) is 0 Å². The Morgan fingerprint density at radius 2 is 2.09 bits per heavy atom. The maximum Gasteiger partial charge on any atom is 0.321 e. The molecular formula is C15H18N2O5S. The van der Waals surface area contributed by atoms with Crippen molar-refractivity contribution in [3.8, 4) is 5.75 Å². The molecule has 0 saturated carbocycles.